The van der Waals surface area contributed by atoms with E-state index in [1.54, 1.807) is 0 Å². The van der Waals surface area contributed by atoms with Crippen LogP contribution < -0.4 is 0 Å². The van der Waals surface area contributed by atoms with Crippen molar-refractivity contribution in [3.8, 4) is 0 Å². The number of hydrogen-bond donors (Lipinski definition) is 1. The topological polar surface area (TPSA) is 101 Å². The van der Waals surface area contributed by atoms with E-state index in [4.69, 9.17) is 5.11 Å². The normalized spacial score (nSPS) is 19.7. The van der Waals surface area contributed by atoms with Crippen LogP contribution in [-0.2, 0) is 19.2 Å². The Morgan fingerprint density at radius 3 is 1.43 bits per heavy atom. The number of aliphatic carboxylic acids is 1. The summed E-state index contributed by atoms with van der Waals surface area (Å²) < 4.78 is 0. The molecular formula is C19H34N4O5. The maximum Gasteiger partial charge on any atom is 0.317 e. The first-order chi connectivity index (χ1) is 13.3. The quantitative estimate of drug-likeness (QED) is 0.486. The van der Waals surface area contributed by atoms with Crippen molar-refractivity contribution in [3.05, 3.63) is 0 Å². The number of nitrogens with zero attached hydrogens (tertiary/aromatic N) is 4. The molecule has 1 fully saturated rings. The van der Waals surface area contributed by atoms with E-state index in [1.165, 1.54) is 0 Å². The Morgan fingerprint density at radius 1 is 0.750 bits per heavy atom. The molecule has 1 heterocycles. The first-order valence-corrected chi connectivity index (χ1v) is 9.86. The van der Waals surface area contributed by atoms with Crippen LogP contribution in [0.25, 0.3) is 0 Å². The number of carbonyl (C=O) groups excluding carboxylic acids is 3. The second-order valence-corrected chi connectivity index (χ2v) is 7.50. The first kappa shape index (κ1) is 24.4. The molecule has 0 saturated carbocycles. The lowest BCUT2D eigenvalue weighted by Gasteiger charge is -2.32. The second kappa shape index (κ2) is 13.5. The van der Waals surface area contributed by atoms with E-state index in [9.17, 15) is 19.2 Å². The molecule has 0 unspecified atom stereocenters. The fourth-order valence-electron chi connectivity index (χ4n) is 3.07. The highest BCUT2D eigenvalue weighted by Crippen LogP contribution is 2.03. The van der Waals surface area contributed by atoms with Gasteiger partial charge in [0.25, 0.3) is 0 Å². The molecule has 0 spiro atoms. The first-order valence-electron chi connectivity index (χ1n) is 9.86. The van der Waals surface area contributed by atoms with Crippen LogP contribution in [0.1, 0.15) is 13.8 Å². The van der Waals surface area contributed by atoms with Crippen molar-refractivity contribution < 1.29 is 24.3 Å². The van der Waals surface area contributed by atoms with Crippen LogP contribution in [0.5, 0.6) is 0 Å². The highest BCUT2D eigenvalue weighted by atomic mass is 16.4. The van der Waals surface area contributed by atoms with Crippen molar-refractivity contribution in [2.45, 2.75) is 13.8 Å². The van der Waals surface area contributed by atoms with Gasteiger partial charge in [-0.2, -0.15) is 0 Å². The summed E-state index contributed by atoms with van der Waals surface area (Å²) in [6.07, 6.45) is 1.70. The van der Waals surface area contributed by atoms with Crippen molar-refractivity contribution in [2.24, 2.45) is 5.92 Å². The lowest BCUT2D eigenvalue weighted by molar-refractivity contribution is -0.138. The van der Waals surface area contributed by atoms with Gasteiger partial charge < -0.3 is 14.7 Å². The molecule has 0 radical (unpaired) electrons. The minimum absolute atomic E-state index is 0.0388. The number of rotatable bonds is 9. The Bertz CT molecular complexity index is 489. The van der Waals surface area contributed by atoms with E-state index in [-0.39, 0.29) is 31.3 Å². The summed E-state index contributed by atoms with van der Waals surface area (Å²) in [7, 11) is 0. The predicted molar refractivity (Wildman–Crippen MR) is 105 cm³/mol. The van der Waals surface area contributed by atoms with Gasteiger partial charge in [0.15, 0.2) is 0 Å². The number of aldehydes is 2. The van der Waals surface area contributed by atoms with Gasteiger partial charge >= 0.3 is 5.97 Å². The second-order valence-electron chi connectivity index (χ2n) is 7.50. The molecule has 1 aliphatic rings. The zero-order valence-corrected chi connectivity index (χ0v) is 17.1. The van der Waals surface area contributed by atoms with E-state index in [1.807, 2.05) is 28.5 Å². The minimum atomic E-state index is -0.894. The summed E-state index contributed by atoms with van der Waals surface area (Å²) in [6.45, 7) is 9.34. The Hall–Kier alpha value is -1.68. The number of carboxylic acids is 1. The molecule has 0 aromatic heterocycles. The van der Waals surface area contributed by atoms with Crippen LogP contribution >= 0.6 is 0 Å². The molecule has 1 rings (SSSR count). The van der Waals surface area contributed by atoms with Gasteiger partial charge in [0.2, 0.25) is 0 Å². The lowest BCUT2D eigenvalue weighted by atomic mass is 10.1. The molecule has 160 valence electrons. The molecule has 1 N–H and O–H groups in total. The van der Waals surface area contributed by atoms with Gasteiger partial charge in [-0.1, -0.05) is 13.8 Å². The van der Waals surface area contributed by atoms with Crippen LogP contribution in [0.4, 0.5) is 0 Å². The molecule has 1 aliphatic heterocycles. The zero-order valence-electron chi connectivity index (χ0n) is 17.1. The summed E-state index contributed by atoms with van der Waals surface area (Å²) >= 11 is 0. The van der Waals surface area contributed by atoms with Gasteiger partial charge in [-0.25, -0.2) is 0 Å². The fraction of sp³-hybridized carbons (Fsp3) is 0.789. The molecular weight excluding hydrogens is 364 g/mol. The number of carbonyl (C=O) groups is 4. The number of ketones is 1. The highest BCUT2D eigenvalue weighted by molar-refractivity contribution is 5.82. The Labute approximate surface area is 167 Å². The maximum absolute atomic E-state index is 12.2. The smallest absolute Gasteiger partial charge is 0.317 e. The fourth-order valence-corrected chi connectivity index (χ4v) is 3.07. The Kier molecular flexibility index (Phi) is 11.7. The standard InChI is InChI=1S/C19H34N4O5/c1-17(2)18(26)15-22-7-3-20(11-13-24)5-9-23(16-19(27)28)10-6-21(4-8-22)12-14-25/h13-14,17H,3-12,15-16H2,1-2H3,(H,27,28). The van der Waals surface area contributed by atoms with E-state index in [0.717, 1.165) is 12.6 Å². The molecule has 0 atom stereocenters. The van der Waals surface area contributed by atoms with Crippen LogP contribution in [-0.4, -0.2) is 128 Å². The molecule has 0 bridgehead atoms. The van der Waals surface area contributed by atoms with Crippen molar-refractivity contribution in [2.75, 3.05) is 78.5 Å². The number of hydrogen-bond acceptors (Lipinski definition) is 8. The molecule has 28 heavy (non-hydrogen) atoms. The van der Waals surface area contributed by atoms with Crippen molar-refractivity contribution >= 4 is 24.3 Å². The van der Waals surface area contributed by atoms with E-state index in [0.29, 0.717) is 58.9 Å². The molecule has 0 aromatic rings. The Morgan fingerprint density at radius 2 is 1.11 bits per heavy atom. The molecule has 0 aliphatic carbocycles. The third kappa shape index (κ3) is 10.0. The van der Waals surface area contributed by atoms with Crippen LogP contribution in [0.15, 0.2) is 0 Å². The van der Waals surface area contributed by atoms with Crippen molar-refractivity contribution in [1.82, 2.24) is 19.6 Å². The van der Waals surface area contributed by atoms with E-state index in [2.05, 4.69) is 4.90 Å². The summed E-state index contributed by atoms with van der Waals surface area (Å²) in [4.78, 5) is 53.3. The highest BCUT2D eigenvalue weighted by Gasteiger charge is 2.19. The third-order valence-corrected chi connectivity index (χ3v) is 4.98. The predicted octanol–water partition coefficient (Wildman–Crippen LogP) is -1.08. The summed E-state index contributed by atoms with van der Waals surface area (Å²) in [5.74, 6) is -0.763. The van der Waals surface area contributed by atoms with Crippen LogP contribution in [0, 0.1) is 5.92 Å². The molecule has 9 heteroatoms. The Balaban J connectivity index is 2.86. The van der Waals surface area contributed by atoms with E-state index < -0.39 is 5.97 Å². The van der Waals surface area contributed by atoms with E-state index >= 15 is 0 Å². The van der Waals surface area contributed by atoms with Gasteiger partial charge in [0, 0.05) is 58.3 Å². The van der Waals surface area contributed by atoms with Crippen LogP contribution in [0.2, 0.25) is 0 Å². The SMILES string of the molecule is CC(C)C(=O)CN1CCN(CC=O)CCN(CC(=O)O)CCN(CC=O)CC1. The zero-order chi connectivity index (χ0) is 20.9. The van der Waals surface area contributed by atoms with Gasteiger partial charge in [0.1, 0.15) is 18.4 Å². The average molecular weight is 399 g/mol. The maximum atomic E-state index is 12.2. The monoisotopic (exact) mass is 398 g/mol. The van der Waals surface area contributed by atoms with Gasteiger partial charge in [-0.15, -0.1) is 0 Å². The average Bonchev–Trinajstić information content (AvgIpc) is 2.63. The summed E-state index contributed by atoms with van der Waals surface area (Å²) in [6, 6.07) is 0. The largest absolute Gasteiger partial charge is 0.480 e. The molecule has 1 saturated heterocycles. The minimum Gasteiger partial charge on any atom is -0.480 e. The van der Waals surface area contributed by atoms with Gasteiger partial charge in [-0.05, 0) is 0 Å². The lowest BCUT2D eigenvalue weighted by Crippen LogP contribution is -2.48. The van der Waals surface area contributed by atoms with Crippen LogP contribution in [0.3, 0.4) is 0 Å². The number of carboxylic acid groups (broad SMARTS) is 1. The summed E-state index contributed by atoms with van der Waals surface area (Å²) in [5.41, 5.74) is 0. The van der Waals surface area contributed by atoms with Crippen molar-refractivity contribution in [1.29, 1.82) is 0 Å². The van der Waals surface area contributed by atoms with Gasteiger partial charge in [-0.3, -0.25) is 29.2 Å². The van der Waals surface area contributed by atoms with Gasteiger partial charge in [0.05, 0.1) is 26.2 Å². The van der Waals surface area contributed by atoms with Crippen molar-refractivity contribution in [3.63, 3.8) is 0 Å². The molecule has 0 aromatic carbocycles. The molecule has 9 nitrogen and oxygen atoms in total. The molecule has 0 amide bonds. The third-order valence-electron chi connectivity index (χ3n) is 4.98. The number of Topliss-reactive ketones (excluding diaryl/α,β-unsaturated/α-hetero) is 1. The summed E-state index contributed by atoms with van der Waals surface area (Å²) in [5, 5.41) is 9.14.